The highest BCUT2D eigenvalue weighted by atomic mass is 16.5. The Labute approximate surface area is 95.1 Å². The first-order chi connectivity index (χ1) is 7.66. The molecule has 0 fully saturated rings. The van der Waals surface area contributed by atoms with Gasteiger partial charge in [0.2, 0.25) is 0 Å². The highest BCUT2D eigenvalue weighted by Gasteiger charge is 2.07. The lowest BCUT2D eigenvalue weighted by Crippen LogP contribution is -1.88. The van der Waals surface area contributed by atoms with Crippen LogP contribution >= 0.6 is 0 Å². The van der Waals surface area contributed by atoms with Gasteiger partial charge in [-0.3, -0.25) is 0 Å². The molecule has 0 heterocycles. The van der Waals surface area contributed by atoms with Crippen molar-refractivity contribution in [3.63, 3.8) is 0 Å². The maximum Gasteiger partial charge on any atom is 0.169 e. The molecule has 0 bridgehead atoms. The molecule has 2 heteroatoms. The molecule has 0 radical (unpaired) electrons. The number of rotatable bonds is 2. The zero-order chi connectivity index (χ0) is 11.5. The summed E-state index contributed by atoms with van der Waals surface area (Å²) >= 11 is 0. The Morgan fingerprint density at radius 2 is 1.69 bits per heavy atom. The lowest BCUT2D eigenvalue weighted by atomic mass is 10.1. The fourth-order valence-electron chi connectivity index (χ4n) is 1.61. The van der Waals surface area contributed by atoms with E-state index < -0.39 is 0 Å². The van der Waals surface area contributed by atoms with Crippen LogP contribution in [-0.2, 0) is 0 Å². The van der Waals surface area contributed by atoms with Crippen molar-refractivity contribution >= 4 is 0 Å². The quantitative estimate of drug-likeness (QED) is 0.823. The minimum atomic E-state index is 0.203. The van der Waals surface area contributed by atoms with Crippen LogP contribution in [0, 0.1) is 13.8 Å². The average molecular weight is 214 g/mol. The van der Waals surface area contributed by atoms with Crippen LogP contribution in [0.15, 0.2) is 42.5 Å². The SMILES string of the molecule is Cc1cc(C)c(O)c(Oc2ccccc2)c1. The van der Waals surface area contributed by atoms with E-state index in [0.29, 0.717) is 5.75 Å². The van der Waals surface area contributed by atoms with Gasteiger partial charge >= 0.3 is 0 Å². The van der Waals surface area contributed by atoms with Crippen molar-refractivity contribution in [1.82, 2.24) is 0 Å². The predicted molar refractivity (Wildman–Crippen MR) is 64.1 cm³/mol. The first kappa shape index (κ1) is 10.6. The summed E-state index contributed by atoms with van der Waals surface area (Å²) in [5.41, 5.74) is 1.90. The zero-order valence-corrected chi connectivity index (χ0v) is 9.40. The average Bonchev–Trinajstić information content (AvgIpc) is 2.27. The molecular weight excluding hydrogens is 200 g/mol. The molecule has 0 saturated carbocycles. The lowest BCUT2D eigenvalue weighted by molar-refractivity contribution is 0.408. The maximum atomic E-state index is 9.86. The van der Waals surface area contributed by atoms with E-state index in [1.54, 1.807) is 0 Å². The summed E-state index contributed by atoms with van der Waals surface area (Å²) in [5.74, 6) is 1.43. The molecule has 16 heavy (non-hydrogen) atoms. The van der Waals surface area contributed by atoms with Gasteiger partial charge < -0.3 is 9.84 Å². The largest absolute Gasteiger partial charge is 0.504 e. The Kier molecular flexibility index (Phi) is 2.82. The monoisotopic (exact) mass is 214 g/mol. The number of aromatic hydroxyl groups is 1. The highest BCUT2D eigenvalue weighted by molar-refractivity contribution is 5.49. The van der Waals surface area contributed by atoms with Crippen LogP contribution in [0.25, 0.3) is 0 Å². The summed E-state index contributed by atoms with van der Waals surface area (Å²) in [6.07, 6.45) is 0. The standard InChI is InChI=1S/C14H14O2/c1-10-8-11(2)14(15)13(9-10)16-12-6-4-3-5-7-12/h3-9,15H,1-2H3. The first-order valence-corrected chi connectivity index (χ1v) is 5.20. The second-order valence-electron chi connectivity index (χ2n) is 3.84. The van der Waals surface area contributed by atoms with E-state index >= 15 is 0 Å². The molecule has 0 spiro atoms. The van der Waals surface area contributed by atoms with Crippen molar-refractivity contribution < 1.29 is 9.84 Å². The molecule has 0 atom stereocenters. The lowest BCUT2D eigenvalue weighted by Gasteiger charge is -2.10. The Balaban J connectivity index is 2.35. The number of phenolic OH excluding ortho intramolecular Hbond substituents is 1. The van der Waals surface area contributed by atoms with Crippen LogP contribution < -0.4 is 4.74 Å². The third-order valence-electron chi connectivity index (χ3n) is 2.38. The van der Waals surface area contributed by atoms with Gasteiger partial charge in [0, 0.05) is 0 Å². The number of hydrogen-bond acceptors (Lipinski definition) is 2. The molecule has 0 aliphatic rings. The van der Waals surface area contributed by atoms with Crippen LogP contribution in [0.3, 0.4) is 0 Å². The summed E-state index contributed by atoms with van der Waals surface area (Å²) in [4.78, 5) is 0. The molecule has 0 unspecified atom stereocenters. The number of hydrogen-bond donors (Lipinski definition) is 1. The van der Waals surface area contributed by atoms with E-state index in [0.717, 1.165) is 16.9 Å². The third kappa shape index (κ3) is 2.16. The maximum absolute atomic E-state index is 9.86. The second kappa shape index (κ2) is 4.27. The summed E-state index contributed by atoms with van der Waals surface area (Å²) in [7, 11) is 0. The molecule has 0 amide bonds. The second-order valence-corrected chi connectivity index (χ2v) is 3.84. The molecule has 0 aliphatic carbocycles. The molecule has 2 aromatic carbocycles. The number of phenols is 1. The van der Waals surface area contributed by atoms with Crippen LogP contribution in [0.2, 0.25) is 0 Å². The molecule has 0 aromatic heterocycles. The van der Waals surface area contributed by atoms with Crippen molar-refractivity contribution in [1.29, 1.82) is 0 Å². The van der Waals surface area contributed by atoms with Gasteiger partial charge in [-0.2, -0.15) is 0 Å². The molecule has 2 rings (SSSR count). The van der Waals surface area contributed by atoms with Crippen molar-refractivity contribution in [2.75, 3.05) is 0 Å². The van der Waals surface area contributed by atoms with Crippen LogP contribution in [-0.4, -0.2) is 5.11 Å². The topological polar surface area (TPSA) is 29.5 Å². The molecule has 2 aromatic rings. The van der Waals surface area contributed by atoms with Gasteiger partial charge in [-0.05, 0) is 43.2 Å². The van der Waals surface area contributed by atoms with E-state index in [2.05, 4.69) is 0 Å². The summed E-state index contributed by atoms with van der Waals surface area (Å²) in [6.45, 7) is 3.84. The zero-order valence-electron chi connectivity index (χ0n) is 9.40. The Hall–Kier alpha value is -1.96. The number of ether oxygens (including phenoxy) is 1. The fraction of sp³-hybridized carbons (Fsp3) is 0.143. The van der Waals surface area contributed by atoms with Gasteiger partial charge in [0.1, 0.15) is 5.75 Å². The Morgan fingerprint density at radius 1 is 1.00 bits per heavy atom. The highest BCUT2D eigenvalue weighted by Crippen LogP contribution is 2.34. The molecule has 2 nitrogen and oxygen atoms in total. The van der Waals surface area contributed by atoms with E-state index in [9.17, 15) is 5.11 Å². The van der Waals surface area contributed by atoms with Crippen molar-refractivity contribution in [3.05, 3.63) is 53.6 Å². The van der Waals surface area contributed by atoms with Gasteiger partial charge in [0.15, 0.2) is 11.5 Å². The van der Waals surface area contributed by atoms with E-state index in [1.165, 1.54) is 0 Å². The predicted octanol–water partition coefficient (Wildman–Crippen LogP) is 3.80. The molecule has 0 saturated heterocycles. The van der Waals surface area contributed by atoms with Gasteiger partial charge in [-0.1, -0.05) is 24.3 Å². The Bertz CT molecular complexity index is 490. The Morgan fingerprint density at radius 3 is 2.38 bits per heavy atom. The van der Waals surface area contributed by atoms with Crippen molar-refractivity contribution in [2.24, 2.45) is 0 Å². The molecule has 82 valence electrons. The minimum Gasteiger partial charge on any atom is -0.504 e. The van der Waals surface area contributed by atoms with Gasteiger partial charge in [0.25, 0.3) is 0 Å². The van der Waals surface area contributed by atoms with Crippen LogP contribution in [0.4, 0.5) is 0 Å². The normalized spacial score (nSPS) is 10.1. The molecule has 1 N–H and O–H groups in total. The number of para-hydroxylation sites is 1. The third-order valence-corrected chi connectivity index (χ3v) is 2.38. The number of benzene rings is 2. The van der Waals surface area contributed by atoms with Crippen molar-refractivity contribution in [2.45, 2.75) is 13.8 Å². The van der Waals surface area contributed by atoms with E-state index in [4.69, 9.17) is 4.74 Å². The summed E-state index contributed by atoms with van der Waals surface area (Å²) in [6, 6.07) is 13.2. The van der Waals surface area contributed by atoms with Gasteiger partial charge in [-0.15, -0.1) is 0 Å². The van der Waals surface area contributed by atoms with Crippen LogP contribution in [0.1, 0.15) is 11.1 Å². The smallest absolute Gasteiger partial charge is 0.169 e. The van der Waals surface area contributed by atoms with Gasteiger partial charge in [0.05, 0.1) is 0 Å². The van der Waals surface area contributed by atoms with Crippen LogP contribution in [0.5, 0.6) is 17.2 Å². The van der Waals surface area contributed by atoms with E-state index in [1.807, 2.05) is 56.3 Å². The first-order valence-electron chi connectivity index (χ1n) is 5.20. The summed E-state index contributed by atoms with van der Waals surface area (Å²) in [5, 5.41) is 9.86. The number of aryl methyl sites for hydroxylation is 2. The fourth-order valence-corrected chi connectivity index (χ4v) is 1.61. The molecular formula is C14H14O2. The van der Waals surface area contributed by atoms with Gasteiger partial charge in [-0.25, -0.2) is 0 Å². The molecule has 0 aliphatic heterocycles. The van der Waals surface area contributed by atoms with Crippen molar-refractivity contribution in [3.8, 4) is 17.2 Å². The minimum absolute atomic E-state index is 0.203. The summed E-state index contributed by atoms with van der Waals surface area (Å²) < 4.78 is 5.62. The van der Waals surface area contributed by atoms with E-state index in [-0.39, 0.29) is 5.75 Å².